The van der Waals surface area contributed by atoms with E-state index in [1.807, 2.05) is 0 Å². The SMILES string of the molecule is COCC(=O)N1CCC[C@H]1[C@H]1CCCN1Cc1ccccc1. The van der Waals surface area contributed by atoms with E-state index in [1.54, 1.807) is 7.11 Å². The molecule has 2 aliphatic rings. The Morgan fingerprint density at radius 2 is 1.86 bits per heavy atom. The van der Waals surface area contributed by atoms with Crippen LogP contribution in [0.4, 0.5) is 0 Å². The number of methoxy groups -OCH3 is 1. The highest BCUT2D eigenvalue weighted by Crippen LogP contribution is 2.31. The maximum absolute atomic E-state index is 12.3. The first kappa shape index (κ1) is 15.5. The Morgan fingerprint density at radius 1 is 1.14 bits per heavy atom. The lowest BCUT2D eigenvalue weighted by Gasteiger charge is -2.35. The van der Waals surface area contributed by atoms with Crippen LogP contribution in [0.5, 0.6) is 0 Å². The zero-order valence-electron chi connectivity index (χ0n) is 13.4. The van der Waals surface area contributed by atoms with Gasteiger partial charge in [-0.3, -0.25) is 9.69 Å². The van der Waals surface area contributed by atoms with E-state index >= 15 is 0 Å². The van der Waals surface area contributed by atoms with Crippen LogP contribution in [0.15, 0.2) is 30.3 Å². The number of hydrogen-bond acceptors (Lipinski definition) is 3. The molecular weight excluding hydrogens is 276 g/mol. The number of nitrogens with zero attached hydrogens (tertiary/aromatic N) is 2. The van der Waals surface area contributed by atoms with Crippen molar-refractivity contribution in [3.63, 3.8) is 0 Å². The molecule has 3 rings (SSSR count). The van der Waals surface area contributed by atoms with E-state index < -0.39 is 0 Å². The third kappa shape index (κ3) is 3.33. The molecule has 2 fully saturated rings. The minimum atomic E-state index is 0.150. The average Bonchev–Trinajstić information content (AvgIpc) is 3.17. The molecule has 0 saturated carbocycles. The third-order valence-electron chi connectivity index (χ3n) is 4.97. The van der Waals surface area contributed by atoms with Crippen molar-refractivity contribution in [2.45, 2.75) is 44.3 Å². The molecule has 2 aliphatic heterocycles. The second kappa shape index (κ2) is 7.25. The molecule has 0 unspecified atom stereocenters. The van der Waals surface area contributed by atoms with Crippen molar-refractivity contribution in [2.75, 3.05) is 26.8 Å². The first-order chi connectivity index (χ1) is 10.8. The topological polar surface area (TPSA) is 32.8 Å². The lowest BCUT2D eigenvalue weighted by molar-refractivity contribution is -0.137. The highest BCUT2D eigenvalue weighted by Gasteiger charge is 2.39. The molecule has 2 heterocycles. The number of benzene rings is 1. The van der Waals surface area contributed by atoms with Gasteiger partial charge in [-0.15, -0.1) is 0 Å². The summed E-state index contributed by atoms with van der Waals surface area (Å²) >= 11 is 0. The zero-order chi connectivity index (χ0) is 15.4. The van der Waals surface area contributed by atoms with Gasteiger partial charge in [-0.2, -0.15) is 0 Å². The van der Waals surface area contributed by atoms with Crippen LogP contribution in [0.3, 0.4) is 0 Å². The largest absolute Gasteiger partial charge is 0.375 e. The summed E-state index contributed by atoms with van der Waals surface area (Å²) < 4.78 is 5.04. The standard InChI is InChI=1S/C18H26N2O2/c1-22-14-18(21)20-12-6-10-17(20)16-9-5-11-19(16)13-15-7-3-2-4-8-15/h2-4,7-8,16-17H,5-6,9-14H2,1H3/t16-,17+/m1/s1. The van der Waals surface area contributed by atoms with Gasteiger partial charge in [0.15, 0.2) is 0 Å². The number of ether oxygens (including phenoxy) is 1. The Labute approximate surface area is 133 Å². The van der Waals surface area contributed by atoms with Crippen LogP contribution in [0.25, 0.3) is 0 Å². The van der Waals surface area contributed by atoms with E-state index in [1.165, 1.54) is 18.4 Å². The van der Waals surface area contributed by atoms with Gasteiger partial charge in [0.25, 0.3) is 0 Å². The summed E-state index contributed by atoms with van der Waals surface area (Å²) in [5.74, 6) is 0.150. The fourth-order valence-electron chi connectivity index (χ4n) is 4.01. The van der Waals surface area contributed by atoms with Gasteiger partial charge in [0.05, 0.1) is 0 Å². The molecule has 2 saturated heterocycles. The number of carbonyl (C=O) groups excluding carboxylic acids is 1. The Bertz CT molecular complexity index is 491. The summed E-state index contributed by atoms with van der Waals surface area (Å²) in [6, 6.07) is 11.5. The Hall–Kier alpha value is -1.39. The summed E-state index contributed by atoms with van der Waals surface area (Å²) in [5.41, 5.74) is 1.36. The van der Waals surface area contributed by atoms with Gasteiger partial charge in [-0.05, 0) is 37.8 Å². The Balaban J connectivity index is 1.68. The Morgan fingerprint density at radius 3 is 2.64 bits per heavy atom. The molecule has 0 aromatic heterocycles. The van der Waals surface area contributed by atoms with E-state index in [2.05, 4.69) is 40.1 Å². The summed E-state index contributed by atoms with van der Waals surface area (Å²) in [5, 5.41) is 0. The van der Waals surface area contributed by atoms with E-state index in [4.69, 9.17) is 4.74 Å². The van der Waals surface area contributed by atoms with Crippen molar-refractivity contribution in [1.82, 2.24) is 9.80 Å². The fraction of sp³-hybridized carbons (Fsp3) is 0.611. The van der Waals surface area contributed by atoms with Crippen LogP contribution >= 0.6 is 0 Å². The number of rotatable bonds is 5. The minimum absolute atomic E-state index is 0.150. The molecule has 1 aromatic rings. The van der Waals surface area contributed by atoms with E-state index in [9.17, 15) is 4.79 Å². The molecule has 1 aromatic carbocycles. The highest BCUT2D eigenvalue weighted by atomic mass is 16.5. The molecule has 0 N–H and O–H groups in total. The quantitative estimate of drug-likeness (QED) is 0.836. The first-order valence-corrected chi connectivity index (χ1v) is 8.36. The van der Waals surface area contributed by atoms with Crippen molar-refractivity contribution in [1.29, 1.82) is 0 Å². The van der Waals surface area contributed by atoms with Crippen molar-refractivity contribution in [3.05, 3.63) is 35.9 Å². The van der Waals surface area contributed by atoms with Gasteiger partial charge in [0, 0.05) is 32.3 Å². The van der Waals surface area contributed by atoms with Crippen LogP contribution in [-0.2, 0) is 16.1 Å². The normalized spacial score (nSPS) is 25.8. The first-order valence-electron chi connectivity index (χ1n) is 8.36. The average molecular weight is 302 g/mol. The van der Waals surface area contributed by atoms with Crippen LogP contribution < -0.4 is 0 Å². The van der Waals surface area contributed by atoms with Gasteiger partial charge in [0.2, 0.25) is 5.91 Å². The van der Waals surface area contributed by atoms with Crippen LogP contribution in [-0.4, -0.2) is 54.6 Å². The predicted molar refractivity (Wildman–Crippen MR) is 86.5 cm³/mol. The molecule has 120 valence electrons. The summed E-state index contributed by atoms with van der Waals surface area (Å²) in [6.07, 6.45) is 4.69. The maximum atomic E-state index is 12.3. The van der Waals surface area contributed by atoms with Gasteiger partial charge < -0.3 is 9.64 Å². The molecule has 0 spiro atoms. The molecule has 0 radical (unpaired) electrons. The van der Waals surface area contributed by atoms with E-state index in [-0.39, 0.29) is 12.5 Å². The Kier molecular flexibility index (Phi) is 5.11. The molecule has 4 heteroatoms. The summed E-state index contributed by atoms with van der Waals surface area (Å²) in [4.78, 5) is 16.9. The molecule has 0 aliphatic carbocycles. The predicted octanol–water partition coefficient (Wildman–Crippen LogP) is 2.29. The van der Waals surface area contributed by atoms with Gasteiger partial charge in [0.1, 0.15) is 6.61 Å². The molecule has 2 atom stereocenters. The molecule has 1 amide bonds. The van der Waals surface area contributed by atoms with Crippen molar-refractivity contribution < 1.29 is 9.53 Å². The second-order valence-corrected chi connectivity index (χ2v) is 6.40. The third-order valence-corrected chi connectivity index (χ3v) is 4.97. The number of hydrogen-bond donors (Lipinski definition) is 0. The number of likely N-dealkylation sites (tertiary alicyclic amines) is 2. The fourth-order valence-corrected chi connectivity index (χ4v) is 4.01. The van der Waals surface area contributed by atoms with Crippen molar-refractivity contribution in [2.24, 2.45) is 0 Å². The smallest absolute Gasteiger partial charge is 0.248 e. The summed E-state index contributed by atoms with van der Waals surface area (Å²) in [6.45, 7) is 3.24. The maximum Gasteiger partial charge on any atom is 0.248 e. The lowest BCUT2D eigenvalue weighted by Crippen LogP contribution is -2.48. The van der Waals surface area contributed by atoms with Crippen LogP contribution in [0.1, 0.15) is 31.2 Å². The number of carbonyl (C=O) groups is 1. The summed E-state index contributed by atoms with van der Waals surface area (Å²) in [7, 11) is 1.60. The monoisotopic (exact) mass is 302 g/mol. The molecule has 0 bridgehead atoms. The zero-order valence-corrected chi connectivity index (χ0v) is 13.4. The molecule has 4 nitrogen and oxygen atoms in total. The number of amides is 1. The molecular formula is C18H26N2O2. The van der Waals surface area contributed by atoms with Crippen LogP contribution in [0.2, 0.25) is 0 Å². The molecule has 22 heavy (non-hydrogen) atoms. The van der Waals surface area contributed by atoms with Crippen molar-refractivity contribution in [3.8, 4) is 0 Å². The van der Waals surface area contributed by atoms with Gasteiger partial charge in [-0.1, -0.05) is 30.3 Å². The second-order valence-electron chi connectivity index (χ2n) is 6.40. The van der Waals surface area contributed by atoms with Gasteiger partial charge >= 0.3 is 0 Å². The minimum Gasteiger partial charge on any atom is -0.375 e. The van der Waals surface area contributed by atoms with E-state index in [0.29, 0.717) is 12.1 Å². The lowest BCUT2D eigenvalue weighted by atomic mass is 10.0. The highest BCUT2D eigenvalue weighted by molar-refractivity contribution is 5.78. The van der Waals surface area contributed by atoms with Gasteiger partial charge in [-0.25, -0.2) is 0 Å². The van der Waals surface area contributed by atoms with Crippen LogP contribution in [0, 0.1) is 0 Å². The van der Waals surface area contributed by atoms with Crippen molar-refractivity contribution >= 4 is 5.91 Å². The van der Waals surface area contributed by atoms with E-state index in [0.717, 1.165) is 32.5 Å².